The molecule has 0 aliphatic carbocycles. The Kier molecular flexibility index (Phi) is 12.7. The van der Waals surface area contributed by atoms with E-state index in [9.17, 15) is 18.0 Å². The topological polar surface area (TPSA) is 86.8 Å². The molecule has 10 heteroatoms. The molecule has 7 nitrogen and oxygen atoms in total. The van der Waals surface area contributed by atoms with E-state index in [-0.39, 0.29) is 37.7 Å². The molecule has 3 aromatic carbocycles. The Morgan fingerprint density at radius 2 is 1.62 bits per heavy atom. The molecule has 42 heavy (non-hydrogen) atoms. The quantitative estimate of drug-likeness (QED) is 0.214. The van der Waals surface area contributed by atoms with Crippen molar-refractivity contribution < 1.29 is 18.0 Å². The first-order chi connectivity index (χ1) is 20.0. The van der Waals surface area contributed by atoms with Crippen molar-refractivity contribution in [3.8, 4) is 0 Å². The monoisotopic (exact) mass is 631 g/mol. The summed E-state index contributed by atoms with van der Waals surface area (Å²) < 4.78 is 26.6. The van der Waals surface area contributed by atoms with E-state index in [0.29, 0.717) is 34.3 Å². The van der Waals surface area contributed by atoms with E-state index < -0.39 is 16.1 Å². The number of nitrogens with one attached hydrogen (secondary N) is 1. The molecule has 0 saturated heterocycles. The molecule has 1 N–H and O–H groups in total. The Morgan fingerprint density at radius 1 is 0.929 bits per heavy atom. The van der Waals surface area contributed by atoms with Crippen molar-refractivity contribution >= 4 is 50.7 Å². The lowest BCUT2D eigenvalue weighted by atomic mass is 10.0. The van der Waals surface area contributed by atoms with Gasteiger partial charge >= 0.3 is 0 Å². The zero-order chi connectivity index (χ0) is 30.7. The van der Waals surface area contributed by atoms with Gasteiger partial charge in [0.05, 0.1) is 11.9 Å². The number of nitrogens with zero attached hydrogens (tertiary/aromatic N) is 2. The Morgan fingerprint density at radius 3 is 2.21 bits per heavy atom. The van der Waals surface area contributed by atoms with Gasteiger partial charge in [0.25, 0.3) is 0 Å². The summed E-state index contributed by atoms with van der Waals surface area (Å²) in [5, 5.41) is 3.81. The average molecular weight is 633 g/mol. The van der Waals surface area contributed by atoms with Crippen LogP contribution in [0.1, 0.15) is 49.8 Å². The minimum Gasteiger partial charge on any atom is -0.354 e. The van der Waals surface area contributed by atoms with Crippen molar-refractivity contribution in [2.75, 3.05) is 23.7 Å². The third kappa shape index (κ3) is 9.75. The van der Waals surface area contributed by atoms with Crippen molar-refractivity contribution in [1.82, 2.24) is 10.2 Å². The number of hydrogen-bond donors (Lipinski definition) is 1. The molecule has 0 bridgehead atoms. The Balaban J connectivity index is 1.89. The van der Waals surface area contributed by atoms with Gasteiger partial charge in [0.15, 0.2) is 0 Å². The maximum Gasteiger partial charge on any atom is 0.243 e. The third-order valence-corrected chi connectivity index (χ3v) is 8.74. The van der Waals surface area contributed by atoms with Crippen molar-refractivity contribution in [3.05, 3.63) is 99.5 Å². The van der Waals surface area contributed by atoms with Crippen LogP contribution in [0.2, 0.25) is 10.0 Å². The molecule has 0 aliphatic heterocycles. The molecule has 0 heterocycles. The molecular formula is C32H39Cl2N3O4S. The van der Waals surface area contributed by atoms with Crippen LogP contribution in [-0.4, -0.2) is 50.5 Å². The number of hydrogen-bond acceptors (Lipinski definition) is 4. The molecule has 0 radical (unpaired) electrons. The molecule has 0 spiro atoms. The molecule has 3 rings (SSSR count). The van der Waals surface area contributed by atoms with Crippen LogP contribution in [0.15, 0.2) is 72.8 Å². The van der Waals surface area contributed by atoms with Crippen LogP contribution >= 0.6 is 23.2 Å². The van der Waals surface area contributed by atoms with E-state index in [1.54, 1.807) is 35.2 Å². The molecule has 1 atom stereocenters. The summed E-state index contributed by atoms with van der Waals surface area (Å²) in [5.74, 6) is -0.531. The minimum atomic E-state index is -3.58. The van der Waals surface area contributed by atoms with Gasteiger partial charge in [-0.05, 0) is 60.2 Å². The average Bonchev–Trinajstić information content (AvgIpc) is 2.96. The van der Waals surface area contributed by atoms with Crippen molar-refractivity contribution in [3.63, 3.8) is 0 Å². The van der Waals surface area contributed by atoms with E-state index in [4.69, 9.17) is 23.2 Å². The number of benzene rings is 3. The fraction of sp³-hybridized carbons (Fsp3) is 0.375. The third-order valence-electron chi connectivity index (χ3n) is 6.96. The number of amides is 2. The predicted octanol–water partition coefficient (Wildman–Crippen LogP) is 6.27. The van der Waals surface area contributed by atoms with Crippen LogP contribution in [0.3, 0.4) is 0 Å². The van der Waals surface area contributed by atoms with Crippen molar-refractivity contribution in [2.45, 2.75) is 58.5 Å². The standard InChI is InChI=1S/C32H39Cl2N3O4S/c1-4-19-35-32(39)30(21-25-10-7-6-8-11-25)36(23-26-15-16-27(33)22-29(26)34)31(38)12-9-20-37(42(3,40)41)28-17-13-24(5-2)14-18-28/h6-8,10-11,13-18,22,30H,4-5,9,12,19-21,23H2,1-3H3,(H,35,39)/t30-/m0/s1. The summed E-state index contributed by atoms with van der Waals surface area (Å²) in [6, 6.07) is 21.2. The first kappa shape index (κ1) is 33.4. The molecule has 0 unspecified atom stereocenters. The van der Waals surface area contributed by atoms with Crippen LogP contribution in [-0.2, 0) is 39.0 Å². The maximum atomic E-state index is 13.9. The highest BCUT2D eigenvalue weighted by atomic mass is 35.5. The van der Waals surface area contributed by atoms with E-state index in [2.05, 4.69) is 5.32 Å². The van der Waals surface area contributed by atoms with Crippen LogP contribution < -0.4 is 9.62 Å². The van der Waals surface area contributed by atoms with Crippen molar-refractivity contribution in [1.29, 1.82) is 0 Å². The van der Waals surface area contributed by atoms with Gasteiger partial charge in [0.2, 0.25) is 21.8 Å². The minimum absolute atomic E-state index is 0.0383. The summed E-state index contributed by atoms with van der Waals surface area (Å²) >= 11 is 12.6. The molecule has 2 amide bonds. The summed E-state index contributed by atoms with van der Waals surface area (Å²) in [6.07, 6.45) is 3.37. The number of halogens is 2. The van der Waals surface area contributed by atoms with Gasteiger partial charge in [0, 0.05) is 42.5 Å². The highest BCUT2D eigenvalue weighted by Crippen LogP contribution is 2.25. The highest BCUT2D eigenvalue weighted by Gasteiger charge is 2.31. The van der Waals surface area contributed by atoms with E-state index in [1.165, 1.54) is 4.31 Å². The second kappa shape index (κ2) is 16.0. The molecule has 0 saturated carbocycles. The van der Waals surface area contributed by atoms with Gasteiger partial charge in [-0.3, -0.25) is 13.9 Å². The number of aryl methyl sites for hydroxylation is 1. The first-order valence-corrected chi connectivity index (χ1v) is 16.8. The summed E-state index contributed by atoms with van der Waals surface area (Å²) in [4.78, 5) is 28.9. The van der Waals surface area contributed by atoms with Crippen LogP contribution in [0.5, 0.6) is 0 Å². The van der Waals surface area contributed by atoms with Crippen LogP contribution in [0.25, 0.3) is 0 Å². The predicted molar refractivity (Wildman–Crippen MR) is 171 cm³/mol. The molecular weight excluding hydrogens is 593 g/mol. The lowest BCUT2D eigenvalue weighted by Crippen LogP contribution is -2.50. The smallest absolute Gasteiger partial charge is 0.243 e. The van der Waals surface area contributed by atoms with Gasteiger partial charge in [-0.1, -0.05) is 85.6 Å². The maximum absolute atomic E-state index is 13.9. The molecule has 0 fully saturated rings. The lowest BCUT2D eigenvalue weighted by molar-refractivity contribution is -0.141. The number of anilines is 1. The zero-order valence-corrected chi connectivity index (χ0v) is 26.7. The fourth-order valence-corrected chi connectivity index (χ4v) is 6.09. The molecule has 0 aliphatic rings. The summed E-state index contributed by atoms with van der Waals surface area (Å²) in [5.41, 5.74) is 3.22. The molecule has 226 valence electrons. The highest BCUT2D eigenvalue weighted by molar-refractivity contribution is 7.92. The lowest BCUT2D eigenvalue weighted by Gasteiger charge is -2.32. The summed E-state index contributed by atoms with van der Waals surface area (Å²) in [6.45, 7) is 4.70. The molecule has 0 aromatic heterocycles. The fourth-order valence-electron chi connectivity index (χ4n) is 4.66. The van der Waals surface area contributed by atoms with Gasteiger partial charge in [-0.25, -0.2) is 8.42 Å². The number of carbonyl (C=O) groups excluding carboxylic acids is 2. The van der Waals surface area contributed by atoms with Gasteiger partial charge in [-0.15, -0.1) is 0 Å². The van der Waals surface area contributed by atoms with Crippen LogP contribution in [0, 0.1) is 0 Å². The number of carbonyl (C=O) groups is 2. The zero-order valence-electron chi connectivity index (χ0n) is 24.4. The SMILES string of the molecule is CCCNC(=O)[C@H](Cc1ccccc1)N(Cc1ccc(Cl)cc1Cl)C(=O)CCCN(c1ccc(CC)cc1)S(C)(=O)=O. The number of rotatable bonds is 15. The van der Waals surface area contributed by atoms with E-state index in [1.807, 2.05) is 56.3 Å². The normalized spacial score (nSPS) is 12.0. The van der Waals surface area contributed by atoms with Gasteiger partial charge in [-0.2, -0.15) is 0 Å². The first-order valence-electron chi connectivity index (χ1n) is 14.1. The largest absolute Gasteiger partial charge is 0.354 e. The Bertz CT molecular complexity index is 1430. The van der Waals surface area contributed by atoms with Crippen LogP contribution in [0.4, 0.5) is 5.69 Å². The van der Waals surface area contributed by atoms with E-state index >= 15 is 0 Å². The summed E-state index contributed by atoms with van der Waals surface area (Å²) in [7, 11) is -3.58. The number of sulfonamides is 1. The Labute approximate surface area is 259 Å². The second-order valence-corrected chi connectivity index (χ2v) is 13.0. The van der Waals surface area contributed by atoms with Gasteiger partial charge in [0.1, 0.15) is 6.04 Å². The van der Waals surface area contributed by atoms with E-state index in [0.717, 1.165) is 30.2 Å². The molecule has 3 aromatic rings. The van der Waals surface area contributed by atoms with Gasteiger partial charge < -0.3 is 10.2 Å². The van der Waals surface area contributed by atoms with Crippen molar-refractivity contribution in [2.24, 2.45) is 0 Å². The second-order valence-electron chi connectivity index (χ2n) is 10.2. The Hall–Kier alpha value is -3.07.